The van der Waals surface area contributed by atoms with Crippen LogP contribution in [0, 0.1) is 6.92 Å². The zero-order valence-electron chi connectivity index (χ0n) is 28.2. The van der Waals surface area contributed by atoms with Crippen molar-refractivity contribution in [1.82, 2.24) is 9.55 Å². The number of carbonyl (C=O) groups is 1. The first-order valence-electron chi connectivity index (χ1n) is 15.5. The van der Waals surface area contributed by atoms with Crippen molar-refractivity contribution in [1.29, 1.82) is 0 Å². The lowest BCUT2D eigenvalue weighted by Gasteiger charge is -2.36. The molecule has 0 aliphatic heterocycles. The average Bonchev–Trinajstić information content (AvgIpc) is 3.51. The number of hydrogen-bond acceptors (Lipinski definition) is 6. The van der Waals surface area contributed by atoms with Crippen molar-refractivity contribution >= 4 is 36.5 Å². The van der Waals surface area contributed by atoms with E-state index in [9.17, 15) is 18.0 Å². The lowest BCUT2D eigenvalue weighted by molar-refractivity contribution is -0.155. The lowest BCUT2D eigenvalue weighted by atomic mass is 10.1. The highest BCUT2D eigenvalue weighted by molar-refractivity contribution is 7.15. The van der Waals surface area contributed by atoms with Gasteiger partial charge >= 0.3 is 12.1 Å². The number of ether oxygens (including phenoxy) is 2. The lowest BCUT2D eigenvalue weighted by Crippen LogP contribution is -2.41. The van der Waals surface area contributed by atoms with Gasteiger partial charge in [0.05, 0.1) is 21.7 Å². The fourth-order valence-electron chi connectivity index (χ4n) is 4.74. The van der Waals surface area contributed by atoms with Crippen LogP contribution >= 0.6 is 11.3 Å². The summed E-state index contributed by atoms with van der Waals surface area (Å²) >= 11 is 1.43. The number of aromatic nitrogens is 2. The first-order valence-corrected chi connectivity index (χ1v) is 19.2. The van der Waals surface area contributed by atoms with Gasteiger partial charge < -0.3 is 18.5 Å². The summed E-state index contributed by atoms with van der Waals surface area (Å²) in [5.41, 5.74) is 0.953. The number of nitrogens with zero attached hydrogens (tertiary/aromatic N) is 2. The van der Waals surface area contributed by atoms with Crippen LogP contribution in [0.15, 0.2) is 54.7 Å². The van der Waals surface area contributed by atoms with Crippen molar-refractivity contribution in [3.05, 3.63) is 70.9 Å². The molecule has 1 atom stereocenters. The Morgan fingerprint density at radius 3 is 2.28 bits per heavy atom. The minimum atomic E-state index is -4.40. The number of carbonyl (C=O) groups excluding carboxylic acids is 1. The molecule has 0 N–H and O–H groups in total. The summed E-state index contributed by atoms with van der Waals surface area (Å²) in [6.07, 6.45) is -1.50. The summed E-state index contributed by atoms with van der Waals surface area (Å²) in [7, 11) is -1.93. The number of esters is 1. The van der Waals surface area contributed by atoms with Crippen LogP contribution in [-0.4, -0.2) is 36.0 Å². The molecule has 0 aliphatic rings. The summed E-state index contributed by atoms with van der Waals surface area (Å²) in [4.78, 5) is 18.2. The molecule has 2 aromatic heterocycles. The van der Waals surface area contributed by atoms with Gasteiger partial charge in [-0.2, -0.15) is 13.2 Å². The predicted octanol–water partition coefficient (Wildman–Crippen LogP) is 10.4. The molecule has 250 valence electrons. The Labute approximate surface area is 275 Å². The SMILES string of the molecule is Cc1nc(-c2ccc(C(F)(F)F)cc2)sc1C(CCCO[Si](C)(C)C(C)(C)C)Oc1ccc2ccn(CC(=O)OC(C)(C)C)c2c1. The zero-order chi connectivity index (χ0) is 34.1. The molecule has 4 aromatic rings. The van der Waals surface area contributed by atoms with E-state index in [-0.39, 0.29) is 23.7 Å². The predicted molar refractivity (Wildman–Crippen MR) is 181 cm³/mol. The molecule has 1 unspecified atom stereocenters. The van der Waals surface area contributed by atoms with E-state index >= 15 is 0 Å². The molecule has 0 radical (unpaired) electrons. The maximum absolute atomic E-state index is 13.2. The molecule has 4 rings (SSSR count). The third-order valence-electron chi connectivity index (χ3n) is 8.21. The minimum absolute atomic E-state index is 0.0723. The molecule has 0 spiro atoms. The summed E-state index contributed by atoms with van der Waals surface area (Å²) in [6.45, 7) is 19.2. The number of rotatable bonds is 11. The van der Waals surface area contributed by atoms with Crippen molar-refractivity contribution in [2.75, 3.05) is 6.61 Å². The van der Waals surface area contributed by atoms with Crippen LogP contribution in [0.2, 0.25) is 18.1 Å². The van der Waals surface area contributed by atoms with E-state index in [2.05, 4.69) is 33.9 Å². The van der Waals surface area contributed by atoms with Crippen molar-refractivity contribution in [3.63, 3.8) is 0 Å². The van der Waals surface area contributed by atoms with Gasteiger partial charge in [0.15, 0.2) is 8.32 Å². The third kappa shape index (κ3) is 9.01. The Balaban J connectivity index is 1.61. The second kappa shape index (κ2) is 13.5. The number of aryl methyl sites for hydroxylation is 1. The van der Waals surface area contributed by atoms with Crippen LogP contribution in [0.25, 0.3) is 21.5 Å². The molecule has 0 fully saturated rings. The second-order valence-electron chi connectivity index (χ2n) is 14.2. The van der Waals surface area contributed by atoms with Gasteiger partial charge in [0.2, 0.25) is 0 Å². The molecule has 2 heterocycles. The van der Waals surface area contributed by atoms with Gasteiger partial charge in [0.1, 0.15) is 29.0 Å². The Hall–Kier alpha value is -3.15. The van der Waals surface area contributed by atoms with Gasteiger partial charge in [-0.25, -0.2) is 4.98 Å². The normalized spacial score (nSPS) is 13.7. The van der Waals surface area contributed by atoms with Crippen molar-refractivity contribution in [3.8, 4) is 16.3 Å². The molecular weight excluding hydrogens is 630 g/mol. The van der Waals surface area contributed by atoms with Crippen LogP contribution in [0.3, 0.4) is 0 Å². The van der Waals surface area contributed by atoms with Gasteiger partial charge in [-0.3, -0.25) is 4.79 Å². The van der Waals surface area contributed by atoms with Crippen LogP contribution in [0.5, 0.6) is 5.75 Å². The molecular formula is C35H45F3N2O4SSi. The smallest absolute Gasteiger partial charge is 0.416 e. The maximum atomic E-state index is 13.2. The summed E-state index contributed by atoms with van der Waals surface area (Å²) in [5.74, 6) is 0.308. The number of halogens is 3. The van der Waals surface area contributed by atoms with Gasteiger partial charge in [-0.1, -0.05) is 32.9 Å². The zero-order valence-corrected chi connectivity index (χ0v) is 30.0. The Morgan fingerprint density at radius 2 is 1.67 bits per heavy atom. The highest BCUT2D eigenvalue weighted by Gasteiger charge is 2.37. The quantitative estimate of drug-likeness (QED) is 0.0900. The highest BCUT2D eigenvalue weighted by Crippen LogP contribution is 2.39. The van der Waals surface area contributed by atoms with E-state index in [1.165, 1.54) is 23.5 Å². The number of thiazole rings is 1. The third-order valence-corrected chi connectivity index (χ3v) is 14.0. The van der Waals surface area contributed by atoms with E-state index in [1.54, 1.807) is 0 Å². The van der Waals surface area contributed by atoms with Crippen LogP contribution in [-0.2, 0) is 26.7 Å². The fourth-order valence-corrected chi connectivity index (χ4v) is 6.96. The van der Waals surface area contributed by atoms with Gasteiger partial charge in [0, 0.05) is 24.4 Å². The minimum Gasteiger partial charge on any atom is -0.485 e. The number of fused-ring (bicyclic) bond motifs is 1. The number of alkyl halides is 3. The van der Waals surface area contributed by atoms with E-state index < -0.39 is 25.7 Å². The van der Waals surface area contributed by atoms with Crippen LogP contribution in [0.1, 0.15) is 76.6 Å². The van der Waals surface area contributed by atoms with E-state index in [0.29, 0.717) is 29.3 Å². The molecule has 0 saturated carbocycles. The first kappa shape index (κ1) is 35.7. The molecule has 0 bridgehead atoms. The molecule has 46 heavy (non-hydrogen) atoms. The topological polar surface area (TPSA) is 62.6 Å². The number of hydrogen-bond donors (Lipinski definition) is 0. The second-order valence-corrected chi connectivity index (χ2v) is 20.0. The van der Waals surface area contributed by atoms with Crippen molar-refractivity contribution < 1.29 is 31.9 Å². The average molecular weight is 675 g/mol. The van der Waals surface area contributed by atoms with Gasteiger partial charge in [-0.15, -0.1) is 11.3 Å². The van der Waals surface area contributed by atoms with Crippen molar-refractivity contribution in [2.45, 2.75) is 104 Å². The Morgan fingerprint density at radius 1 is 1.00 bits per heavy atom. The summed E-state index contributed by atoms with van der Waals surface area (Å²) in [5, 5.41) is 1.69. The van der Waals surface area contributed by atoms with Crippen molar-refractivity contribution in [2.24, 2.45) is 0 Å². The molecule has 11 heteroatoms. The molecule has 0 aliphatic carbocycles. The maximum Gasteiger partial charge on any atom is 0.416 e. The Kier molecular flexibility index (Phi) is 10.5. The molecule has 0 amide bonds. The highest BCUT2D eigenvalue weighted by atomic mass is 32.1. The monoisotopic (exact) mass is 674 g/mol. The van der Waals surface area contributed by atoms with Crippen LogP contribution in [0.4, 0.5) is 13.2 Å². The van der Waals surface area contributed by atoms with E-state index in [0.717, 1.165) is 40.0 Å². The first-order chi connectivity index (χ1) is 21.2. The largest absolute Gasteiger partial charge is 0.485 e. The molecule has 0 saturated heterocycles. The van der Waals surface area contributed by atoms with Gasteiger partial charge in [-0.05, 0) is 94.4 Å². The van der Waals surface area contributed by atoms with E-state index in [1.807, 2.05) is 62.7 Å². The molecule has 6 nitrogen and oxygen atoms in total. The van der Waals surface area contributed by atoms with Crippen LogP contribution < -0.4 is 4.74 Å². The summed E-state index contributed by atoms with van der Waals surface area (Å²) in [6, 6.07) is 12.8. The fraction of sp³-hybridized carbons (Fsp3) is 0.486. The number of benzene rings is 2. The van der Waals surface area contributed by atoms with Gasteiger partial charge in [0.25, 0.3) is 0 Å². The molecule has 2 aromatic carbocycles. The summed E-state index contributed by atoms with van der Waals surface area (Å²) < 4.78 is 59.9. The standard InChI is InChI=1S/C35H45F3N2O4SSi/c1-23-31(45-32(39-23)25-12-15-26(16-13-25)35(36,37)38)29(11-10-20-42-46(8,9)34(5,6)7)43-27-17-14-24-18-19-40(28(24)21-27)22-30(41)44-33(2,3)4/h12-19,21,29H,10-11,20,22H2,1-9H3. The van der Waals surface area contributed by atoms with E-state index in [4.69, 9.17) is 18.9 Å². The Bertz CT molecular complexity index is 1650.